The Morgan fingerprint density at radius 1 is 1.30 bits per heavy atom. The summed E-state index contributed by atoms with van der Waals surface area (Å²) in [5, 5.41) is 12.4. The third-order valence-electron chi connectivity index (χ3n) is 5.46. The van der Waals surface area contributed by atoms with Crippen molar-refractivity contribution >= 4 is 17.0 Å². The van der Waals surface area contributed by atoms with Gasteiger partial charge in [0.25, 0.3) is 11.6 Å². The summed E-state index contributed by atoms with van der Waals surface area (Å²) in [6, 6.07) is 3.94. The first-order valence-corrected chi connectivity index (χ1v) is 9.77. The molecule has 0 bridgehead atoms. The number of carbonyl (C=O) groups excluding carboxylic acids is 1. The lowest BCUT2D eigenvalue weighted by atomic mass is 10.1. The summed E-state index contributed by atoms with van der Waals surface area (Å²) in [5.41, 5.74) is 4.17. The second kappa shape index (κ2) is 6.48. The number of nitrogens with zero attached hydrogens (tertiary/aromatic N) is 4. The number of aromatic nitrogens is 4. The van der Waals surface area contributed by atoms with Crippen molar-refractivity contribution in [3.63, 3.8) is 0 Å². The van der Waals surface area contributed by atoms with Gasteiger partial charge in [0, 0.05) is 42.5 Å². The molecule has 0 aromatic carbocycles. The van der Waals surface area contributed by atoms with Crippen molar-refractivity contribution < 1.29 is 9.32 Å². The van der Waals surface area contributed by atoms with Gasteiger partial charge in [-0.25, -0.2) is 4.98 Å². The van der Waals surface area contributed by atoms with Gasteiger partial charge in [0.15, 0.2) is 0 Å². The molecule has 1 N–H and O–H groups in total. The van der Waals surface area contributed by atoms with E-state index in [-0.39, 0.29) is 5.91 Å². The first-order chi connectivity index (χ1) is 13.2. The number of hydrogen-bond acceptors (Lipinski definition) is 5. The highest BCUT2D eigenvalue weighted by atomic mass is 16.5. The Morgan fingerprint density at radius 2 is 2.11 bits per heavy atom. The van der Waals surface area contributed by atoms with Crippen LogP contribution in [0.5, 0.6) is 0 Å². The molecule has 3 aromatic heterocycles. The van der Waals surface area contributed by atoms with E-state index in [1.807, 2.05) is 23.7 Å². The molecule has 140 valence electrons. The monoisotopic (exact) mass is 365 g/mol. The molecule has 0 radical (unpaired) electrons. The highest BCUT2D eigenvalue weighted by Crippen LogP contribution is 2.45. The molecular formula is C20H23N5O2. The average Bonchev–Trinajstić information content (AvgIpc) is 3.60. The van der Waals surface area contributed by atoms with Crippen LogP contribution in [-0.2, 0) is 6.54 Å². The van der Waals surface area contributed by atoms with Crippen LogP contribution < -0.4 is 5.32 Å². The van der Waals surface area contributed by atoms with Crippen LogP contribution in [0.2, 0.25) is 0 Å². The van der Waals surface area contributed by atoms with Crippen LogP contribution >= 0.6 is 0 Å². The van der Waals surface area contributed by atoms with Gasteiger partial charge in [-0.1, -0.05) is 5.16 Å². The van der Waals surface area contributed by atoms with E-state index < -0.39 is 0 Å². The van der Waals surface area contributed by atoms with Gasteiger partial charge in [0.2, 0.25) is 0 Å². The summed E-state index contributed by atoms with van der Waals surface area (Å²) >= 11 is 0. The summed E-state index contributed by atoms with van der Waals surface area (Å²) in [6.45, 7) is 3.42. The fourth-order valence-electron chi connectivity index (χ4n) is 3.55. The molecule has 7 nitrogen and oxygen atoms in total. The molecule has 0 aliphatic heterocycles. The Labute approximate surface area is 157 Å². The highest BCUT2D eigenvalue weighted by Gasteiger charge is 2.34. The van der Waals surface area contributed by atoms with Gasteiger partial charge < -0.3 is 9.84 Å². The van der Waals surface area contributed by atoms with Gasteiger partial charge in [0.05, 0.1) is 16.6 Å². The van der Waals surface area contributed by atoms with Crippen molar-refractivity contribution in [2.75, 3.05) is 6.54 Å². The van der Waals surface area contributed by atoms with Gasteiger partial charge in [-0.15, -0.1) is 0 Å². The summed E-state index contributed by atoms with van der Waals surface area (Å²) < 4.78 is 7.45. The summed E-state index contributed by atoms with van der Waals surface area (Å²) in [4.78, 5) is 17.6. The molecule has 2 aliphatic rings. The van der Waals surface area contributed by atoms with E-state index in [0.29, 0.717) is 29.7 Å². The van der Waals surface area contributed by atoms with Crippen LogP contribution in [0.1, 0.15) is 71.4 Å². The fraction of sp³-hybridized carbons (Fsp3) is 0.500. The highest BCUT2D eigenvalue weighted by molar-refractivity contribution is 6.06. The molecule has 2 aliphatic carbocycles. The fourth-order valence-corrected chi connectivity index (χ4v) is 3.55. The zero-order valence-corrected chi connectivity index (χ0v) is 15.4. The van der Waals surface area contributed by atoms with E-state index >= 15 is 0 Å². The van der Waals surface area contributed by atoms with E-state index in [0.717, 1.165) is 61.1 Å². The van der Waals surface area contributed by atoms with Crippen molar-refractivity contribution in [2.45, 2.75) is 57.4 Å². The predicted molar refractivity (Wildman–Crippen MR) is 99.7 cm³/mol. The molecule has 3 aromatic rings. The number of pyridine rings is 1. The third-order valence-corrected chi connectivity index (χ3v) is 5.46. The number of amides is 1. The zero-order chi connectivity index (χ0) is 18.4. The third kappa shape index (κ3) is 3.22. The van der Waals surface area contributed by atoms with Crippen LogP contribution in [0.4, 0.5) is 0 Å². The van der Waals surface area contributed by atoms with Crippen LogP contribution in [0.25, 0.3) is 11.1 Å². The minimum atomic E-state index is -0.0633. The Balaban J connectivity index is 1.35. The van der Waals surface area contributed by atoms with Crippen LogP contribution in [0, 0.1) is 6.92 Å². The van der Waals surface area contributed by atoms with E-state index in [1.165, 1.54) is 0 Å². The standard InChI is InChI=1S/C20H23N5O2/c1-12-7-9-22-25(12)10-2-8-21-19(26)15-11-16(13-3-4-13)23-20-17(15)18(24-27-20)14-5-6-14/h7,9,11,13-14H,2-6,8,10H2,1H3,(H,21,26). The summed E-state index contributed by atoms with van der Waals surface area (Å²) in [6.07, 6.45) is 7.11. The Hall–Kier alpha value is -2.70. The van der Waals surface area contributed by atoms with Crippen LogP contribution in [0.3, 0.4) is 0 Å². The Morgan fingerprint density at radius 3 is 2.81 bits per heavy atom. The topological polar surface area (TPSA) is 85.8 Å². The van der Waals surface area contributed by atoms with Crippen molar-refractivity contribution in [2.24, 2.45) is 0 Å². The Bertz CT molecular complexity index is 997. The molecule has 5 rings (SSSR count). The molecule has 3 heterocycles. The van der Waals surface area contributed by atoms with Gasteiger partial charge in [0.1, 0.15) is 0 Å². The van der Waals surface area contributed by atoms with E-state index in [4.69, 9.17) is 4.52 Å². The number of rotatable bonds is 7. The predicted octanol–water partition coefficient (Wildman–Crippen LogP) is 3.30. The quantitative estimate of drug-likeness (QED) is 0.649. The van der Waals surface area contributed by atoms with Gasteiger partial charge in [-0.2, -0.15) is 5.10 Å². The normalized spacial score (nSPS) is 16.8. The van der Waals surface area contributed by atoms with Crippen molar-refractivity contribution in [3.8, 4) is 0 Å². The number of hydrogen-bond donors (Lipinski definition) is 1. The Kier molecular flexibility index (Phi) is 3.95. The first kappa shape index (κ1) is 16.5. The van der Waals surface area contributed by atoms with Crippen LogP contribution in [0.15, 0.2) is 22.9 Å². The van der Waals surface area contributed by atoms with Crippen LogP contribution in [-0.4, -0.2) is 32.4 Å². The van der Waals surface area contributed by atoms with Gasteiger partial charge in [-0.05, 0) is 51.2 Å². The maximum absolute atomic E-state index is 12.9. The summed E-state index contributed by atoms with van der Waals surface area (Å²) in [7, 11) is 0. The van der Waals surface area contributed by atoms with Gasteiger partial charge in [-0.3, -0.25) is 9.48 Å². The van der Waals surface area contributed by atoms with Crippen molar-refractivity contribution in [1.29, 1.82) is 0 Å². The van der Waals surface area contributed by atoms with E-state index in [9.17, 15) is 4.79 Å². The lowest BCUT2D eigenvalue weighted by Crippen LogP contribution is -2.26. The second-order valence-corrected chi connectivity index (χ2v) is 7.70. The molecule has 27 heavy (non-hydrogen) atoms. The molecule has 1 amide bonds. The van der Waals surface area contributed by atoms with Gasteiger partial charge >= 0.3 is 0 Å². The number of aryl methyl sites for hydroxylation is 2. The molecule has 0 saturated heterocycles. The first-order valence-electron chi connectivity index (χ1n) is 9.77. The molecule has 2 saturated carbocycles. The molecule has 0 atom stereocenters. The maximum Gasteiger partial charge on any atom is 0.259 e. The number of carbonyl (C=O) groups is 1. The molecular weight excluding hydrogens is 342 g/mol. The average molecular weight is 365 g/mol. The second-order valence-electron chi connectivity index (χ2n) is 7.70. The maximum atomic E-state index is 12.9. The minimum Gasteiger partial charge on any atom is -0.352 e. The number of fused-ring (bicyclic) bond motifs is 1. The largest absolute Gasteiger partial charge is 0.352 e. The number of nitrogens with one attached hydrogen (secondary N) is 1. The zero-order valence-electron chi connectivity index (χ0n) is 15.4. The van der Waals surface area contributed by atoms with Crippen molar-refractivity contribution in [3.05, 3.63) is 41.0 Å². The smallest absolute Gasteiger partial charge is 0.259 e. The minimum absolute atomic E-state index is 0.0633. The lowest BCUT2D eigenvalue weighted by Gasteiger charge is -2.09. The summed E-state index contributed by atoms with van der Waals surface area (Å²) in [5.74, 6) is 0.805. The lowest BCUT2D eigenvalue weighted by molar-refractivity contribution is 0.0954. The molecule has 2 fully saturated rings. The molecule has 0 spiro atoms. The molecule has 0 unspecified atom stereocenters. The SMILES string of the molecule is Cc1ccnn1CCCNC(=O)c1cc(C2CC2)nc2onc(C3CC3)c12. The van der Waals surface area contributed by atoms with E-state index in [1.54, 1.807) is 6.20 Å². The van der Waals surface area contributed by atoms with Crippen molar-refractivity contribution in [1.82, 2.24) is 25.2 Å². The van der Waals surface area contributed by atoms with E-state index in [2.05, 4.69) is 20.6 Å². The molecule has 7 heteroatoms.